The van der Waals surface area contributed by atoms with E-state index in [1.54, 1.807) is 6.92 Å². The maximum absolute atomic E-state index is 12.7. The summed E-state index contributed by atoms with van der Waals surface area (Å²) in [6.45, 7) is 1.58. The fourth-order valence-electron chi connectivity index (χ4n) is 1.47. The predicted octanol–water partition coefficient (Wildman–Crippen LogP) is 3.31. The van der Waals surface area contributed by atoms with Gasteiger partial charge in [0.05, 0.1) is 0 Å². The van der Waals surface area contributed by atoms with Gasteiger partial charge in [-0.1, -0.05) is 19.1 Å². The molecule has 1 N–H and O–H groups in total. The lowest BCUT2D eigenvalue weighted by Gasteiger charge is -2.08. The maximum atomic E-state index is 12.7. The highest BCUT2D eigenvalue weighted by atomic mass is 19.3. The molecule has 18 heavy (non-hydrogen) atoms. The van der Waals surface area contributed by atoms with E-state index in [0.29, 0.717) is 5.56 Å². The van der Waals surface area contributed by atoms with E-state index in [9.17, 15) is 18.4 Å². The quantitative estimate of drug-likeness (QED) is 0.647. The Kier molecular flexibility index (Phi) is 4.71. The Labute approximate surface area is 103 Å². The second kappa shape index (κ2) is 6.05. The Bertz CT molecular complexity index is 493. The first kappa shape index (κ1) is 14.0. The first-order valence-corrected chi connectivity index (χ1v) is 5.32. The van der Waals surface area contributed by atoms with Crippen LogP contribution < -0.4 is 0 Å². The Morgan fingerprint density at radius 1 is 1.39 bits per heavy atom. The standard InChI is InChI=1S/C13H12F2O3/c1-2-11(16)10-7-8(4-6-12(17)18)3-5-9(10)13(14)15/h3-7,13H,2H2,1H3,(H,17,18)/b6-4+. The molecule has 3 nitrogen and oxygen atoms in total. The van der Waals surface area contributed by atoms with Crippen LogP contribution in [0.25, 0.3) is 6.08 Å². The van der Waals surface area contributed by atoms with Crippen molar-refractivity contribution in [2.24, 2.45) is 0 Å². The summed E-state index contributed by atoms with van der Waals surface area (Å²) in [4.78, 5) is 21.9. The number of halogens is 2. The molecule has 0 unspecified atom stereocenters. The maximum Gasteiger partial charge on any atom is 0.328 e. The van der Waals surface area contributed by atoms with Crippen LogP contribution in [0.1, 0.15) is 41.3 Å². The monoisotopic (exact) mass is 254 g/mol. The van der Waals surface area contributed by atoms with Crippen molar-refractivity contribution < 1.29 is 23.5 Å². The highest BCUT2D eigenvalue weighted by Crippen LogP contribution is 2.25. The minimum atomic E-state index is -2.73. The lowest BCUT2D eigenvalue weighted by molar-refractivity contribution is -0.131. The van der Waals surface area contributed by atoms with Crippen LogP contribution in [0.5, 0.6) is 0 Å². The normalized spacial score (nSPS) is 11.1. The lowest BCUT2D eigenvalue weighted by Crippen LogP contribution is -2.03. The second-order valence-electron chi connectivity index (χ2n) is 3.60. The summed E-state index contributed by atoms with van der Waals surface area (Å²) >= 11 is 0. The minimum absolute atomic E-state index is 0.0555. The number of Topliss-reactive ketones (excluding diaryl/α,β-unsaturated/α-hetero) is 1. The highest BCUT2D eigenvalue weighted by molar-refractivity contribution is 5.98. The zero-order valence-electron chi connectivity index (χ0n) is 9.69. The number of ketones is 1. The third kappa shape index (κ3) is 3.48. The molecule has 0 aliphatic carbocycles. The van der Waals surface area contributed by atoms with Crippen LogP contribution >= 0.6 is 0 Å². The molecule has 5 heteroatoms. The molecule has 0 fully saturated rings. The summed E-state index contributed by atoms with van der Waals surface area (Å²) in [5, 5.41) is 8.47. The van der Waals surface area contributed by atoms with Gasteiger partial charge in [-0.2, -0.15) is 0 Å². The van der Waals surface area contributed by atoms with Gasteiger partial charge in [0, 0.05) is 23.6 Å². The van der Waals surface area contributed by atoms with E-state index in [1.807, 2.05) is 0 Å². The van der Waals surface area contributed by atoms with Crippen molar-refractivity contribution in [3.63, 3.8) is 0 Å². The lowest BCUT2D eigenvalue weighted by atomic mass is 9.99. The smallest absolute Gasteiger partial charge is 0.328 e. The van der Waals surface area contributed by atoms with Crippen LogP contribution in [0.3, 0.4) is 0 Å². The number of carbonyl (C=O) groups is 2. The molecule has 0 radical (unpaired) electrons. The third-order valence-electron chi connectivity index (χ3n) is 2.35. The van der Waals surface area contributed by atoms with Crippen molar-refractivity contribution in [1.29, 1.82) is 0 Å². The average Bonchev–Trinajstić information content (AvgIpc) is 2.34. The molecular weight excluding hydrogens is 242 g/mol. The molecule has 1 rings (SSSR count). The van der Waals surface area contributed by atoms with Crippen molar-refractivity contribution in [3.8, 4) is 0 Å². The zero-order valence-corrected chi connectivity index (χ0v) is 9.69. The van der Waals surface area contributed by atoms with E-state index in [0.717, 1.165) is 12.1 Å². The number of aliphatic carboxylic acids is 1. The third-order valence-corrected chi connectivity index (χ3v) is 2.35. The van der Waals surface area contributed by atoms with Crippen LogP contribution in [0.15, 0.2) is 24.3 Å². The summed E-state index contributed by atoms with van der Waals surface area (Å²) in [5.41, 5.74) is 0.0213. The van der Waals surface area contributed by atoms with Gasteiger partial charge in [0.25, 0.3) is 6.43 Å². The van der Waals surface area contributed by atoms with Gasteiger partial charge in [-0.25, -0.2) is 13.6 Å². The van der Waals surface area contributed by atoms with Crippen LogP contribution in [-0.4, -0.2) is 16.9 Å². The minimum Gasteiger partial charge on any atom is -0.478 e. The van der Waals surface area contributed by atoms with Crippen molar-refractivity contribution in [3.05, 3.63) is 41.0 Å². The zero-order chi connectivity index (χ0) is 13.7. The largest absolute Gasteiger partial charge is 0.478 e. The molecule has 0 aliphatic rings. The van der Waals surface area contributed by atoms with E-state index < -0.39 is 18.2 Å². The van der Waals surface area contributed by atoms with E-state index in [1.165, 1.54) is 18.2 Å². The fourth-order valence-corrected chi connectivity index (χ4v) is 1.47. The van der Waals surface area contributed by atoms with Crippen LogP contribution in [0.2, 0.25) is 0 Å². The van der Waals surface area contributed by atoms with Crippen molar-refractivity contribution in [2.45, 2.75) is 19.8 Å². The molecule has 0 amide bonds. The topological polar surface area (TPSA) is 54.4 Å². The summed E-state index contributed by atoms with van der Waals surface area (Å²) in [6.07, 6.45) is -0.471. The van der Waals surface area contributed by atoms with E-state index in [4.69, 9.17) is 5.11 Å². The average molecular weight is 254 g/mol. The number of carboxylic acids is 1. The molecule has 1 aromatic rings. The van der Waals surface area contributed by atoms with Gasteiger partial charge in [0.1, 0.15) is 0 Å². The molecule has 0 saturated carbocycles. The predicted molar refractivity (Wildman–Crippen MR) is 62.7 cm³/mol. The second-order valence-corrected chi connectivity index (χ2v) is 3.60. The van der Waals surface area contributed by atoms with Crippen LogP contribution in [0.4, 0.5) is 8.78 Å². The SMILES string of the molecule is CCC(=O)c1cc(/C=C/C(=O)O)ccc1C(F)F. The molecule has 96 valence electrons. The highest BCUT2D eigenvalue weighted by Gasteiger charge is 2.17. The van der Waals surface area contributed by atoms with Crippen molar-refractivity contribution in [1.82, 2.24) is 0 Å². The van der Waals surface area contributed by atoms with Gasteiger partial charge in [-0.05, 0) is 17.7 Å². The molecule has 0 aliphatic heterocycles. The van der Waals surface area contributed by atoms with Gasteiger partial charge in [0.15, 0.2) is 5.78 Å². The van der Waals surface area contributed by atoms with Gasteiger partial charge in [-0.3, -0.25) is 4.79 Å². The number of alkyl halides is 2. The number of rotatable bonds is 5. The molecular formula is C13H12F2O3. The van der Waals surface area contributed by atoms with E-state index in [2.05, 4.69) is 0 Å². The molecule has 0 spiro atoms. The first-order valence-electron chi connectivity index (χ1n) is 5.32. The van der Waals surface area contributed by atoms with Gasteiger partial charge in [-0.15, -0.1) is 0 Å². The Hall–Kier alpha value is -2.04. The number of carbonyl (C=O) groups excluding carboxylic acids is 1. The van der Waals surface area contributed by atoms with Crippen molar-refractivity contribution in [2.75, 3.05) is 0 Å². The Morgan fingerprint density at radius 2 is 2.06 bits per heavy atom. The Morgan fingerprint density at radius 3 is 2.56 bits per heavy atom. The van der Waals surface area contributed by atoms with Gasteiger partial charge in [0.2, 0.25) is 0 Å². The number of benzene rings is 1. The molecule has 1 aromatic carbocycles. The fraction of sp³-hybridized carbons (Fsp3) is 0.231. The van der Waals surface area contributed by atoms with E-state index in [-0.39, 0.29) is 17.5 Å². The summed E-state index contributed by atoms with van der Waals surface area (Å²) in [6, 6.07) is 3.79. The number of carboxylic acid groups (broad SMARTS) is 1. The summed E-state index contributed by atoms with van der Waals surface area (Å²) in [7, 11) is 0. The molecule has 0 saturated heterocycles. The van der Waals surface area contributed by atoms with E-state index >= 15 is 0 Å². The molecule has 0 bridgehead atoms. The van der Waals surface area contributed by atoms with Crippen LogP contribution in [-0.2, 0) is 4.79 Å². The summed E-state index contributed by atoms with van der Waals surface area (Å²) in [5.74, 6) is -1.54. The number of hydrogen-bond donors (Lipinski definition) is 1. The van der Waals surface area contributed by atoms with Crippen LogP contribution in [0, 0.1) is 0 Å². The van der Waals surface area contributed by atoms with Crippen molar-refractivity contribution >= 4 is 17.8 Å². The number of hydrogen-bond acceptors (Lipinski definition) is 2. The molecule has 0 heterocycles. The van der Waals surface area contributed by atoms with Gasteiger partial charge < -0.3 is 5.11 Å². The Balaban J connectivity index is 3.21. The molecule has 0 atom stereocenters. The first-order chi connectivity index (χ1) is 8.45. The van der Waals surface area contributed by atoms with Gasteiger partial charge >= 0.3 is 5.97 Å². The summed E-state index contributed by atoms with van der Waals surface area (Å²) < 4.78 is 25.4. The molecule has 0 aromatic heterocycles.